The Balaban J connectivity index is 1.72. The van der Waals surface area contributed by atoms with Crippen LogP contribution in [0.1, 0.15) is 37.4 Å². The van der Waals surface area contributed by atoms with Crippen LogP contribution in [0, 0.1) is 6.92 Å². The lowest BCUT2D eigenvalue weighted by atomic mass is 10.1. The molecule has 1 aromatic carbocycles. The van der Waals surface area contributed by atoms with Crippen LogP contribution in [0.25, 0.3) is 11.4 Å². The number of carbonyl (C=O) groups is 1. The van der Waals surface area contributed by atoms with Crippen LogP contribution in [-0.2, 0) is 11.0 Å². The van der Waals surface area contributed by atoms with Gasteiger partial charge in [-0.3, -0.25) is 4.79 Å². The summed E-state index contributed by atoms with van der Waals surface area (Å²) in [5.74, 6) is 1.32. The van der Waals surface area contributed by atoms with Gasteiger partial charge in [0.2, 0.25) is 5.91 Å². The van der Waals surface area contributed by atoms with E-state index in [1.54, 1.807) is 0 Å². The maximum atomic E-state index is 12.8. The molecule has 1 saturated heterocycles. The molecule has 5 nitrogen and oxygen atoms in total. The van der Waals surface area contributed by atoms with Gasteiger partial charge < -0.3 is 9.80 Å². The normalized spacial score (nSPS) is 14.9. The molecule has 1 aromatic heterocycles. The van der Waals surface area contributed by atoms with Gasteiger partial charge in [0.15, 0.2) is 5.82 Å². The van der Waals surface area contributed by atoms with Crippen molar-refractivity contribution >= 4 is 11.7 Å². The Hall–Kier alpha value is -2.64. The molecule has 1 fully saturated rings. The summed E-state index contributed by atoms with van der Waals surface area (Å²) in [6, 6.07) is 6.74. The second-order valence-corrected chi connectivity index (χ2v) is 7.24. The summed E-state index contributed by atoms with van der Waals surface area (Å²) in [6.45, 7) is 6.52. The van der Waals surface area contributed by atoms with Gasteiger partial charge in [-0.25, -0.2) is 9.97 Å². The van der Waals surface area contributed by atoms with E-state index in [1.807, 2.05) is 17.9 Å². The number of aromatic nitrogens is 2. The Morgan fingerprint density at radius 2 is 1.72 bits per heavy atom. The topological polar surface area (TPSA) is 49.3 Å². The quantitative estimate of drug-likeness (QED) is 0.743. The number of hydrogen-bond donors (Lipinski definition) is 0. The van der Waals surface area contributed by atoms with Gasteiger partial charge in [-0.1, -0.05) is 25.5 Å². The smallest absolute Gasteiger partial charge is 0.353 e. The maximum absolute atomic E-state index is 12.8. The van der Waals surface area contributed by atoms with Gasteiger partial charge >= 0.3 is 6.18 Å². The molecule has 0 N–H and O–H groups in total. The summed E-state index contributed by atoms with van der Waals surface area (Å²) in [4.78, 5) is 25.1. The SMILES string of the molecule is CCCCC(=O)N1CCN(c2cc(C)nc(-c3ccc(C(F)(F)F)cc3)n2)CC1. The second kappa shape index (κ2) is 8.80. The average molecular weight is 406 g/mol. The summed E-state index contributed by atoms with van der Waals surface area (Å²) in [7, 11) is 0. The van der Waals surface area contributed by atoms with Crippen molar-refractivity contribution in [2.24, 2.45) is 0 Å². The molecule has 0 spiro atoms. The highest BCUT2D eigenvalue weighted by Crippen LogP contribution is 2.30. The number of alkyl halides is 3. The van der Waals surface area contributed by atoms with E-state index in [9.17, 15) is 18.0 Å². The number of piperazine rings is 1. The molecule has 0 bridgehead atoms. The molecule has 29 heavy (non-hydrogen) atoms. The number of rotatable bonds is 5. The number of aryl methyl sites for hydroxylation is 1. The number of benzene rings is 1. The van der Waals surface area contributed by atoms with Crippen LogP contribution >= 0.6 is 0 Å². The summed E-state index contributed by atoms with van der Waals surface area (Å²) in [5, 5.41) is 0. The van der Waals surface area contributed by atoms with Gasteiger partial charge in [0.25, 0.3) is 0 Å². The van der Waals surface area contributed by atoms with Gasteiger partial charge in [-0.05, 0) is 25.5 Å². The van der Waals surface area contributed by atoms with Crippen LogP contribution in [0.3, 0.4) is 0 Å². The lowest BCUT2D eigenvalue weighted by Crippen LogP contribution is -2.49. The molecule has 0 unspecified atom stereocenters. The molecule has 3 rings (SSSR count). The molecule has 1 aliphatic heterocycles. The largest absolute Gasteiger partial charge is 0.416 e. The molecule has 2 heterocycles. The van der Waals surface area contributed by atoms with Gasteiger partial charge in [0.05, 0.1) is 5.56 Å². The number of amides is 1. The molecule has 0 atom stereocenters. The fraction of sp³-hybridized carbons (Fsp3) is 0.476. The molecule has 156 valence electrons. The number of nitrogens with zero attached hydrogens (tertiary/aromatic N) is 4. The van der Waals surface area contributed by atoms with Crippen LogP contribution < -0.4 is 4.90 Å². The molecule has 0 saturated carbocycles. The third-order valence-corrected chi connectivity index (χ3v) is 5.01. The van der Waals surface area contributed by atoms with E-state index in [0.717, 1.165) is 36.5 Å². The van der Waals surface area contributed by atoms with Crippen molar-refractivity contribution in [1.29, 1.82) is 0 Å². The van der Waals surface area contributed by atoms with Crippen molar-refractivity contribution < 1.29 is 18.0 Å². The molecule has 1 aliphatic rings. The number of anilines is 1. The maximum Gasteiger partial charge on any atom is 0.416 e. The van der Waals surface area contributed by atoms with Crippen molar-refractivity contribution in [2.45, 2.75) is 39.3 Å². The van der Waals surface area contributed by atoms with Crippen LogP contribution in [0.5, 0.6) is 0 Å². The predicted molar refractivity (Wildman–Crippen MR) is 106 cm³/mol. The molecule has 0 aliphatic carbocycles. The monoisotopic (exact) mass is 406 g/mol. The summed E-state index contributed by atoms with van der Waals surface area (Å²) in [5.41, 5.74) is 0.584. The van der Waals surface area contributed by atoms with E-state index in [1.165, 1.54) is 12.1 Å². The van der Waals surface area contributed by atoms with Crippen molar-refractivity contribution in [3.63, 3.8) is 0 Å². The zero-order chi connectivity index (χ0) is 21.0. The first-order valence-electron chi connectivity index (χ1n) is 9.84. The van der Waals surface area contributed by atoms with E-state index in [-0.39, 0.29) is 5.91 Å². The minimum absolute atomic E-state index is 0.191. The molecule has 8 heteroatoms. The van der Waals surface area contributed by atoms with Crippen LogP contribution in [0.4, 0.5) is 19.0 Å². The third-order valence-electron chi connectivity index (χ3n) is 5.01. The average Bonchev–Trinajstić information content (AvgIpc) is 2.71. The Labute approximate surface area is 168 Å². The van der Waals surface area contributed by atoms with E-state index in [4.69, 9.17) is 0 Å². The highest BCUT2D eigenvalue weighted by atomic mass is 19.4. The number of hydrogen-bond acceptors (Lipinski definition) is 4. The van der Waals surface area contributed by atoms with Gasteiger partial charge in [-0.15, -0.1) is 0 Å². The molecular formula is C21H25F3N4O. The predicted octanol–water partition coefficient (Wildman–Crippen LogP) is 4.31. The standard InChI is InChI=1S/C21H25F3N4O/c1-3-4-5-19(29)28-12-10-27(11-13-28)18-14-15(2)25-20(26-18)16-6-8-17(9-7-16)21(22,23)24/h6-9,14H,3-5,10-13H2,1-2H3. The fourth-order valence-electron chi connectivity index (χ4n) is 3.32. The van der Waals surface area contributed by atoms with Crippen molar-refractivity contribution in [3.8, 4) is 11.4 Å². The molecule has 1 amide bonds. The van der Waals surface area contributed by atoms with E-state index < -0.39 is 11.7 Å². The Bertz CT molecular complexity index is 844. The first-order valence-corrected chi connectivity index (χ1v) is 9.84. The summed E-state index contributed by atoms with van der Waals surface area (Å²) < 4.78 is 38.4. The number of carbonyl (C=O) groups excluding carboxylic acids is 1. The summed E-state index contributed by atoms with van der Waals surface area (Å²) in [6.07, 6.45) is -1.88. The Kier molecular flexibility index (Phi) is 6.39. The van der Waals surface area contributed by atoms with E-state index in [2.05, 4.69) is 21.8 Å². The minimum Gasteiger partial charge on any atom is -0.353 e. The highest BCUT2D eigenvalue weighted by molar-refractivity contribution is 5.76. The Morgan fingerprint density at radius 1 is 1.07 bits per heavy atom. The number of unbranched alkanes of at least 4 members (excludes halogenated alkanes) is 1. The van der Waals surface area contributed by atoms with Gasteiger partial charge in [0, 0.05) is 49.9 Å². The molecular weight excluding hydrogens is 381 g/mol. The second-order valence-electron chi connectivity index (χ2n) is 7.24. The summed E-state index contributed by atoms with van der Waals surface area (Å²) >= 11 is 0. The van der Waals surface area contributed by atoms with Gasteiger partial charge in [-0.2, -0.15) is 13.2 Å². The third kappa shape index (κ3) is 5.25. The van der Waals surface area contributed by atoms with Crippen LogP contribution in [-0.4, -0.2) is 47.0 Å². The van der Waals surface area contributed by atoms with Crippen molar-refractivity contribution in [2.75, 3.05) is 31.1 Å². The molecule has 2 aromatic rings. The Morgan fingerprint density at radius 3 is 2.31 bits per heavy atom. The van der Waals surface area contributed by atoms with Crippen molar-refractivity contribution in [1.82, 2.24) is 14.9 Å². The first kappa shape index (κ1) is 21.1. The van der Waals surface area contributed by atoms with Gasteiger partial charge in [0.1, 0.15) is 5.82 Å². The van der Waals surface area contributed by atoms with E-state index >= 15 is 0 Å². The van der Waals surface area contributed by atoms with Crippen LogP contribution in [0.2, 0.25) is 0 Å². The first-order chi connectivity index (χ1) is 13.8. The zero-order valence-corrected chi connectivity index (χ0v) is 16.7. The minimum atomic E-state index is -4.37. The number of halogens is 3. The highest BCUT2D eigenvalue weighted by Gasteiger charge is 2.30. The fourth-order valence-corrected chi connectivity index (χ4v) is 3.32. The lowest BCUT2D eigenvalue weighted by molar-refractivity contribution is -0.137. The molecule has 0 radical (unpaired) electrons. The van der Waals surface area contributed by atoms with E-state index in [0.29, 0.717) is 44.0 Å². The zero-order valence-electron chi connectivity index (χ0n) is 16.7. The van der Waals surface area contributed by atoms with Crippen molar-refractivity contribution in [3.05, 3.63) is 41.6 Å². The lowest BCUT2D eigenvalue weighted by Gasteiger charge is -2.35. The van der Waals surface area contributed by atoms with Crippen LogP contribution in [0.15, 0.2) is 30.3 Å².